The first-order valence-corrected chi connectivity index (χ1v) is 11.4. The molecule has 2 unspecified atom stereocenters. The van der Waals surface area contributed by atoms with E-state index < -0.39 is 11.5 Å². The molecule has 1 fully saturated rings. The molecule has 4 aromatic rings. The van der Waals surface area contributed by atoms with Crippen molar-refractivity contribution in [2.75, 3.05) is 23.7 Å². The third-order valence-corrected chi connectivity index (χ3v) is 6.68. The number of hydrogen-bond donors (Lipinski definition) is 2. The number of amides is 1. The Bertz CT molecular complexity index is 1450. The van der Waals surface area contributed by atoms with Crippen LogP contribution in [0.5, 0.6) is 0 Å². The molecule has 1 aliphatic rings. The standard InChI is InChI=1S/C23H24ClN9O/c1-14(29-21(34)18-19(26)30-33-8-4-6-28-20(18)33)15-9-16(24)17-10-27-13-32(17)22(15)31-7-3-5-23(2,11-25)12-31/h4,6,8-10,13-14H,3,5,7,12H2,1-2H3,(H2,26,30)(H,29,34). The monoisotopic (exact) mass is 477 g/mol. The number of hydrogen-bond acceptors (Lipinski definition) is 7. The van der Waals surface area contributed by atoms with E-state index in [-0.39, 0.29) is 17.3 Å². The van der Waals surface area contributed by atoms with Crippen LogP contribution in [0.3, 0.4) is 0 Å². The third kappa shape index (κ3) is 3.58. The van der Waals surface area contributed by atoms with Gasteiger partial charge in [0, 0.05) is 31.0 Å². The lowest BCUT2D eigenvalue weighted by atomic mass is 9.83. The van der Waals surface area contributed by atoms with Crippen LogP contribution >= 0.6 is 11.6 Å². The molecule has 0 spiro atoms. The second kappa shape index (κ2) is 8.18. The first-order valence-electron chi connectivity index (χ1n) is 11.0. The molecule has 5 heterocycles. The number of rotatable bonds is 4. The highest BCUT2D eigenvalue weighted by atomic mass is 35.5. The summed E-state index contributed by atoms with van der Waals surface area (Å²) in [6, 6.07) is 5.60. The Morgan fingerprint density at radius 3 is 3.06 bits per heavy atom. The molecule has 0 bridgehead atoms. The van der Waals surface area contributed by atoms with Gasteiger partial charge < -0.3 is 16.0 Å². The van der Waals surface area contributed by atoms with Gasteiger partial charge >= 0.3 is 0 Å². The summed E-state index contributed by atoms with van der Waals surface area (Å²) in [5, 5.41) is 17.5. The highest BCUT2D eigenvalue weighted by molar-refractivity contribution is 6.34. The third-order valence-electron chi connectivity index (χ3n) is 6.38. The van der Waals surface area contributed by atoms with E-state index in [4.69, 9.17) is 17.3 Å². The van der Waals surface area contributed by atoms with E-state index in [1.807, 2.05) is 24.3 Å². The molecule has 0 saturated carbocycles. The van der Waals surface area contributed by atoms with Gasteiger partial charge in [0.2, 0.25) is 0 Å². The minimum absolute atomic E-state index is 0.104. The Morgan fingerprint density at radius 1 is 1.44 bits per heavy atom. The van der Waals surface area contributed by atoms with Crippen molar-refractivity contribution in [1.29, 1.82) is 5.26 Å². The van der Waals surface area contributed by atoms with Crippen LogP contribution in [0.2, 0.25) is 5.02 Å². The summed E-state index contributed by atoms with van der Waals surface area (Å²) in [6.07, 6.45) is 8.41. The number of pyridine rings is 1. The van der Waals surface area contributed by atoms with Gasteiger partial charge in [-0.15, -0.1) is 5.10 Å². The van der Waals surface area contributed by atoms with Crippen molar-refractivity contribution in [3.63, 3.8) is 0 Å². The van der Waals surface area contributed by atoms with E-state index in [2.05, 4.69) is 31.4 Å². The molecule has 4 aromatic heterocycles. The number of nitrogens with two attached hydrogens (primary N) is 1. The first-order chi connectivity index (χ1) is 16.3. The summed E-state index contributed by atoms with van der Waals surface area (Å²) >= 11 is 6.59. The molecule has 1 aliphatic heterocycles. The Labute approximate surface area is 201 Å². The van der Waals surface area contributed by atoms with Crippen molar-refractivity contribution in [3.05, 3.63) is 53.2 Å². The smallest absolute Gasteiger partial charge is 0.259 e. The number of fused-ring (bicyclic) bond motifs is 2. The molecule has 1 amide bonds. The number of carbonyl (C=O) groups excluding carboxylic acids is 1. The molecule has 174 valence electrons. The molecule has 11 heteroatoms. The number of nitrogen functional groups attached to an aromatic ring is 1. The van der Waals surface area contributed by atoms with E-state index in [0.29, 0.717) is 17.2 Å². The molecule has 34 heavy (non-hydrogen) atoms. The molecule has 0 aliphatic carbocycles. The number of carbonyl (C=O) groups is 1. The molecule has 5 rings (SSSR count). The van der Waals surface area contributed by atoms with Gasteiger partial charge in [0.05, 0.1) is 34.3 Å². The second-order valence-corrected chi connectivity index (χ2v) is 9.37. The largest absolute Gasteiger partial charge is 0.381 e. The lowest BCUT2D eigenvalue weighted by Crippen LogP contribution is -2.42. The Balaban J connectivity index is 1.55. The Morgan fingerprint density at radius 2 is 2.26 bits per heavy atom. The van der Waals surface area contributed by atoms with Gasteiger partial charge in [-0.05, 0) is 38.8 Å². The van der Waals surface area contributed by atoms with Gasteiger partial charge in [0.1, 0.15) is 17.7 Å². The van der Waals surface area contributed by atoms with Crippen LogP contribution in [0.1, 0.15) is 48.7 Å². The maximum Gasteiger partial charge on any atom is 0.259 e. The van der Waals surface area contributed by atoms with Crippen molar-refractivity contribution in [3.8, 4) is 6.07 Å². The zero-order chi connectivity index (χ0) is 24.0. The average molecular weight is 478 g/mol. The Kier molecular flexibility index (Phi) is 5.29. The summed E-state index contributed by atoms with van der Waals surface area (Å²) in [5.74, 6) is 0.580. The summed E-state index contributed by atoms with van der Waals surface area (Å²) in [7, 11) is 0. The van der Waals surface area contributed by atoms with Crippen LogP contribution in [0.4, 0.5) is 11.6 Å². The molecular formula is C23H24ClN9O. The van der Waals surface area contributed by atoms with E-state index >= 15 is 0 Å². The fourth-order valence-corrected chi connectivity index (χ4v) is 4.95. The van der Waals surface area contributed by atoms with Crippen LogP contribution in [-0.4, -0.2) is 43.0 Å². The zero-order valence-electron chi connectivity index (χ0n) is 18.9. The summed E-state index contributed by atoms with van der Waals surface area (Å²) in [6.45, 7) is 5.21. The van der Waals surface area contributed by atoms with Crippen molar-refractivity contribution >= 4 is 40.3 Å². The molecule has 0 aromatic carbocycles. The average Bonchev–Trinajstić information content (AvgIpc) is 3.43. The first kappa shape index (κ1) is 22.0. The van der Waals surface area contributed by atoms with Crippen LogP contribution < -0.4 is 16.0 Å². The van der Waals surface area contributed by atoms with Crippen LogP contribution in [0.25, 0.3) is 11.2 Å². The van der Waals surface area contributed by atoms with Gasteiger partial charge in [-0.25, -0.2) is 14.5 Å². The topological polar surface area (TPSA) is 130 Å². The maximum atomic E-state index is 13.3. The zero-order valence-corrected chi connectivity index (χ0v) is 19.6. The van der Waals surface area contributed by atoms with Crippen molar-refractivity contribution in [2.24, 2.45) is 5.41 Å². The molecular weight excluding hydrogens is 454 g/mol. The SMILES string of the molecule is CC(NC(=O)c1c(N)nn2cccnc12)c1cc(Cl)c2cncn2c1N1CCCC(C)(C#N)C1. The van der Waals surface area contributed by atoms with Gasteiger partial charge in [-0.3, -0.25) is 9.20 Å². The molecule has 3 N–H and O–H groups in total. The predicted octanol–water partition coefficient (Wildman–Crippen LogP) is 3.23. The van der Waals surface area contributed by atoms with E-state index in [1.54, 1.807) is 31.0 Å². The van der Waals surface area contributed by atoms with Crippen LogP contribution in [0.15, 0.2) is 37.1 Å². The van der Waals surface area contributed by atoms with Crippen molar-refractivity contribution < 1.29 is 4.79 Å². The summed E-state index contributed by atoms with van der Waals surface area (Å²) in [4.78, 5) is 24.0. The molecule has 0 radical (unpaired) electrons. The van der Waals surface area contributed by atoms with E-state index in [1.165, 1.54) is 4.52 Å². The van der Waals surface area contributed by atoms with Gasteiger partial charge in [-0.2, -0.15) is 5.26 Å². The highest BCUT2D eigenvalue weighted by Gasteiger charge is 2.34. The second-order valence-electron chi connectivity index (χ2n) is 8.96. The fraction of sp³-hybridized carbons (Fsp3) is 0.348. The molecule has 1 saturated heterocycles. The quantitative estimate of drug-likeness (QED) is 0.461. The maximum absolute atomic E-state index is 13.3. The number of nitrogens with zero attached hydrogens (tertiary/aromatic N) is 7. The van der Waals surface area contributed by atoms with Gasteiger partial charge in [0.25, 0.3) is 5.91 Å². The minimum Gasteiger partial charge on any atom is -0.381 e. The van der Waals surface area contributed by atoms with Crippen molar-refractivity contribution in [1.82, 2.24) is 29.3 Å². The minimum atomic E-state index is -0.467. The van der Waals surface area contributed by atoms with E-state index in [9.17, 15) is 10.1 Å². The number of halogens is 1. The molecule has 2 atom stereocenters. The van der Waals surface area contributed by atoms with Crippen LogP contribution in [-0.2, 0) is 0 Å². The molecule has 10 nitrogen and oxygen atoms in total. The van der Waals surface area contributed by atoms with Gasteiger partial charge in [-0.1, -0.05) is 11.6 Å². The highest BCUT2D eigenvalue weighted by Crippen LogP contribution is 2.37. The fourth-order valence-electron chi connectivity index (χ4n) is 4.69. The Hall–Kier alpha value is -3.84. The lowest BCUT2D eigenvalue weighted by Gasteiger charge is -2.39. The van der Waals surface area contributed by atoms with E-state index in [0.717, 1.165) is 36.3 Å². The number of nitriles is 1. The van der Waals surface area contributed by atoms with Crippen molar-refractivity contribution in [2.45, 2.75) is 32.7 Å². The number of nitrogens with one attached hydrogen (secondary N) is 1. The summed E-state index contributed by atoms with van der Waals surface area (Å²) in [5.41, 5.74) is 7.76. The predicted molar refractivity (Wildman–Crippen MR) is 129 cm³/mol. The van der Waals surface area contributed by atoms with Gasteiger partial charge in [0.15, 0.2) is 11.5 Å². The number of anilines is 2. The number of aromatic nitrogens is 5. The number of piperidine rings is 1. The number of imidazole rings is 1. The summed E-state index contributed by atoms with van der Waals surface area (Å²) < 4.78 is 3.40. The lowest BCUT2D eigenvalue weighted by molar-refractivity contribution is 0.0942. The normalized spacial score (nSPS) is 19.3. The van der Waals surface area contributed by atoms with Crippen LogP contribution in [0, 0.1) is 16.7 Å².